The molecule has 1 saturated heterocycles. The molecule has 1 heterocycles. The van der Waals surface area contributed by atoms with Gasteiger partial charge in [-0.1, -0.05) is 13.8 Å². The van der Waals surface area contributed by atoms with Crippen molar-refractivity contribution in [2.45, 2.75) is 148 Å². The van der Waals surface area contributed by atoms with E-state index in [-0.39, 0.29) is 54.6 Å². The number of esters is 4. The van der Waals surface area contributed by atoms with Crippen LogP contribution in [-0.4, -0.2) is 59.0 Å². The topological polar surface area (TPSA) is 125 Å². The van der Waals surface area contributed by atoms with Crippen LogP contribution in [0.3, 0.4) is 0 Å². The molecule has 5 aliphatic carbocycles. The molecule has 13 atom stereocenters. The number of aliphatic hydroxyl groups is 1. The predicted octanol–water partition coefficient (Wildman–Crippen LogP) is 6.42. The summed E-state index contributed by atoms with van der Waals surface area (Å²) in [6.45, 7) is 12.3. The smallest absolute Gasteiger partial charge is 0.347 e. The van der Waals surface area contributed by atoms with Gasteiger partial charge in [-0.15, -0.1) is 0 Å². The van der Waals surface area contributed by atoms with Crippen molar-refractivity contribution in [1.29, 1.82) is 0 Å². The molecule has 0 aromatic carbocycles. The lowest BCUT2D eigenvalue weighted by atomic mass is 9.66. The Morgan fingerprint density at radius 3 is 2.27 bits per heavy atom. The van der Waals surface area contributed by atoms with Gasteiger partial charge in [-0.25, -0.2) is 4.79 Å². The van der Waals surface area contributed by atoms with Crippen LogP contribution in [0.4, 0.5) is 0 Å². The van der Waals surface area contributed by atoms with Crippen molar-refractivity contribution in [3.05, 3.63) is 0 Å². The fourth-order valence-electron chi connectivity index (χ4n) is 11.4. The number of ether oxygens (including phenoxy) is 4. The summed E-state index contributed by atoms with van der Waals surface area (Å²) in [4.78, 5) is 53.5. The minimum absolute atomic E-state index is 0.0320. The van der Waals surface area contributed by atoms with Crippen molar-refractivity contribution in [2.75, 3.05) is 6.61 Å². The second-order valence-corrected chi connectivity index (χ2v) is 17.9. The van der Waals surface area contributed by atoms with Crippen molar-refractivity contribution < 1.29 is 43.2 Å². The van der Waals surface area contributed by atoms with E-state index in [1.54, 1.807) is 0 Å². The van der Waals surface area contributed by atoms with Crippen LogP contribution in [0.25, 0.3) is 0 Å². The number of hydrogen-bond acceptors (Lipinski definition) is 9. The van der Waals surface area contributed by atoms with Crippen LogP contribution in [0, 0.1) is 65.1 Å². The molecule has 0 spiro atoms. The molecule has 0 amide bonds. The molecule has 4 bridgehead atoms. The van der Waals surface area contributed by atoms with E-state index >= 15 is 0 Å². The average Bonchev–Trinajstić information content (AvgIpc) is 3.84. The number of carbonyl (C=O) groups is 4. The molecule has 270 valence electrons. The summed E-state index contributed by atoms with van der Waals surface area (Å²) in [5.74, 6) is 0.0406. The van der Waals surface area contributed by atoms with Gasteiger partial charge in [0.1, 0.15) is 11.2 Å². The third-order valence-electron chi connectivity index (χ3n) is 13.7. The van der Waals surface area contributed by atoms with Gasteiger partial charge in [0, 0.05) is 6.42 Å². The minimum Gasteiger partial charge on any atom is -0.463 e. The van der Waals surface area contributed by atoms with E-state index in [2.05, 4.69) is 13.8 Å². The Morgan fingerprint density at radius 1 is 0.958 bits per heavy atom. The quantitative estimate of drug-likeness (QED) is 0.185. The molecule has 6 fully saturated rings. The Labute approximate surface area is 286 Å². The first-order valence-electron chi connectivity index (χ1n) is 19.1. The van der Waals surface area contributed by atoms with Crippen LogP contribution in [0.1, 0.15) is 125 Å². The summed E-state index contributed by atoms with van der Waals surface area (Å²) in [5.41, 5.74) is -1.11. The minimum atomic E-state index is -0.880. The molecule has 9 nitrogen and oxygen atoms in total. The maximum absolute atomic E-state index is 14.4. The van der Waals surface area contributed by atoms with Crippen LogP contribution in [0.15, 0.2) is 0 Å². The second kappa shape index (κ2) is 13.9. The monoisotopic (exact) mass is 672 g/mol. The molecular weight excluding hydrogens is 612 g/mol. The summed E-state index contributed by atoms with van der Waals surface area (Å²) in [5, 5.41) is 11.3. The summed E-state index contributed by atoms with van der Waals surface area (Å²) >= 11 is 0. The van der Waals surface area contributed by atoms with Crippen LogP contribution in [0.2, 0.25) is 0 Å². The molecule has 9 heteroatoms. The molecule has 0 aromatic heterocycles. The Hall–Kier alpha value is -2.16. The molecule has 48 heavy (non-hydrogen) atoms. The van der Waals surface area contributed by atoms with E-state index in [9.17, 15) is 24.3 Å². The van der Waals surface area contributed by atoms with Gasteiger partial charge < -0.3 is 24.1 Å². The lowest BCUT2D eigenvalue weighted by molar-refractivity contribution is -0.170. The third-order valence-corrected chi connectivity index (χ3v) is 13.7. The molecule has 5 saturated carbocycles. The zero-order valence-corrected chi connectivity index (χ0v) is 30.1. The average molecular weight is 673 g/mol. The van der Waals surface area contributed by atoms with Gasteiger partial charge in [-0.2, -0.15) is 0 Å². The Kier molecular flexibility index (Phi) is 10.3. The third kappa shape index (κ3) is 7.46. The summed E-state index contributed by atoms with van der Waals surface area (Å²) < 4.78 is 22.9. The molecule has 6 aliphatic rings. The highest BCUT2D eigenvalue weighted by atomic mass is 16.6. The van der Waals surface area contributed by atoms with Crippen molar-refractivity contribution >= 4 is 23.9 Å². The molecule has 1 aliphatic heterocycles. The van der Waals surface area contributed by atoms with Crippen molar-refractivity contribution in [3.8, 4) is 0 Å². The number of hydrogen-bond donors (Lipinski definition) is 1. The maximum atomic E-state index is 14.4. The molecule has 13 unspecified atom stereocenters. The van der Waals surface area contributed by atoms with Crippen molar-refractivity contribution in [3.63, 3.8) is 0 Å². The van der Waals surface area contributed by atoms with Crippen LogP contribution in [-0.2, 0) is 38.1 Å². The lowest BCUT2D eigenvalue weighted by Crippen LogP contribution is -2.41. The van der Waals surface area contributed by atoms with Gasteiger partial charge in [0.15, 0.2) is 0 Å². The number of aliphatic hydroxyl groups excluding tert-OH is 1. The fourth-order valence-corrected chi connectivity index (χ4v) is 11.4. The van der Waals surface area contributed by atoms with Crippen molar-refractivity contribution in [1.82, 2.24) is 0 Å². The Balaban J connectivity index is 1.24. The molecule has 0 radical (unpaired) electrons. The molecular formula is C39H60O9. The van der Waals surface area contributed by atoms with E-state index in [0.29, 0.717) is 48.9 Å². The van der Waals surface area contributed by atoms with Crippen LogP contribution in [0.5, 0.6) is 0 Å². The van der Waals surface area contributed by atoms with Crippen LogP contribution >= 0.6 is 0 Å². The zero-order chi connectivity index (χ0) is 34.5. The molecule has 6 rings (SSSR count). The maximum Gasteiger partial charge on any atom is 0.347 e. The Morgan fingerprint density at radius 2 is 1.67 bits per heavy atom. The summed E-state index contributed by atoms with van der Waals surface area (Å²) in [6, 6.07) is 0. The van der Waals surface area contributed by atoms with Crippen LogP contribution < -0.4 is 0 Å². The molecule has 1 N–H and O–H groups in total. The standard InChI is InChI=1S/C39H60O9/c1-21-25-16-28(29(17-25)31(40)20-33(41)47-38(3,4)5)27(21)18-26(35(42)48-39(6)12-7-8-13-39)19-30(34-22(2)23-9-10-24(34)15-23)36(43)46-32-11-14-45-37(32)44/h21-32,34,40H,7-20H2,1-6H3. The normalized spacial score (nSPS) is 38.4. The zero-order valence-electron chi connectivity index (χ0n) is 30.1. The highest BCUT2D eigenvalue weighted by Crippen LogP contribution is 2.60. The fraction of sp³-hybridized carbons (Fsp3) is 0.897. The highest BCUT2D eigenvalue weighted by molar-refractivity contribution is 5.82. The summed E-state index contributed by atoms with van der Waals surface area (Å²) in [6.07, 6.45) is 8.54. The number of cyclic esters (lactones) is 1. The van der Waals surface area contributed by atoms with Gasteiger partial charge >= 0.3 is 23.9 Å². The largest absolute Gasteiger partial charge is 0.463 e. The summed E-state index contributed by atoms with van der Waals surface area (Å²) in [7, 11) is 0. The van der Waals surface area contributed by atoms with E-state index in [1.807, 2.05) is 27.7 Å². The second-order valence-electron chi connectivity index (χ2n) is 17.9. The number of carbonyl (C=O) groups excluding carboxylic acids is 4. The number of fused-ring (bicyclic) bond motifs is 4. The first kappa shape index (κ1) is 35.7. The number of rotatable bonds is 12. The Bertz CT molecular complexity index is 1210. The lowest BCUT2D eigenvalue weighted by Gasteiger charge is -2.40. The predicted molar refractivity (Wildman–Crippen MR) is 177 cm³/mol. The SMILES string of the molecule is CC1C2CC(C(O)CC(=O)OC(C)(C)C)C(C2)C1CC(CC(C(=O)OC1CCOC1=O)C1C2CCC(C2)C1C)C(=O)OC1(C)CCCC1. The first-order chi connectivity index (χ1) is 22.6. The highest BCUT2D eigenvalue weighted by Gasteiger charge is 2.56. The molecule has 0 aromatic rings. The van der Waals surface area contributed by atoms with E-state index in [4.69, 9.17) is 18.9 Å². The van der Waals surface area contributed by atoms with Crippen molar-refractivity contribution in [2.24, 2.45) is 65.1 Å². The van der Waals surface area contributed by atoms with E-state index < -0.39 is 41.2 Å². The van der Waals surface area contributed by atoms with Gasteiger partial charge in [-0.3, -0.25) is 14.4 Å². The van der Waals surface area contributed by atoms with Gasteiger partial charge in [0.25, 0.3) is 0 Å². The first-order valence-corrected chi connectivity index (χ1v) is 19.1. The van der Waals surface area contributed by atoms with Gasteiger partial charge in [-0.05, 0) is 152 Å². The van der Waals surface area contributed by atoms with E-state index in [0.717, 1.165) is 51.4 Å². The van der Waals surface area contributed by atoms with Gasteiger partial charge in [0.2, 0.25) is 6.10 Å². The van der Waals surface area contributed by atoms with E-state index in [1.165, 1.54) is 6.42 Å². The van der Waals surface area contributed by atoms with Gasteiger partial charge in [0.05, 0.1) is 31.0 Å².